The summed E-state index contributed by atoms with van der Waals surface area (Å²) in [5.74, 6) is 0.602. The molecular formula is C23H17IN2O3. The molecule has 0 unspecified atom stereocenters. The highest BCUT2D eigenvalue weighted by molar-refractivity contribution is 14.1. The summed E-state index contributed by atoms with van der Waals surface area (Å²) in [6, 6.07) is 24.9. The van der Waals surface area contributed by atoms with E-state index in [1.54, 1.807) is 12.3 Å². The van der Waals surface area contributed by atoms with Crippen molar-refractivity contribution in [1.29, 1.82) is 0 Å². The lowest BCUT2D eigenvalue weighted by Crippen LogP contribution is -2.16. The summed E-state index contributed by atoms with van der Waals surface area (Å²) in [6.07, 6.45) is 1.57. The molecule has 0 radical (unpaired) electrons. The van der Waals surface area contributed by atoms with Gasteiger partial charge in [-0.25, -0.2) is 5.43 Å². The van der Waals surface area contributed by atoms with E-state index in [9.17, 15) is 4.79 Å². The third kappa shape index (κ3) is 5.03. The first-order chi connectivity index (χ1) is 14.2. The third-order valence-corrected chi connectivity index (χ3v) is 4.95. The van der Waals surface area contributed by atoms with Crippen LogP contribution >= 0.6 is 22.6 Å². The molecule has 1 aromatic heterocycles. The van der Waals surface area contributed by atoms with Gasteiger partial charge in [0.1, 0.15) is 17.9 Å². The lowest BCUT2D eigenvalue weighted by atomic mass is 10.2. The van der Waals surface area contributed by atoms with Gasteiger partial charge in [0.25, 0.3) is 0 Å². The van der Waals surface area contributed by atoms with E-state index < -0.39 is 5.91 Å². The van der Waals surface area contributed by atoms with Gasteiger partial charge in [0.2, 0.25) is 0 Å². The molecular weight excluding hydrogens is 479 g/mol. The minimum absolute atomic E-state index is 0.225. The average molecular weight is 496 g/mol. The molecule has 6 heteroatoms. The van der Waals surface area contributed by atoms with Gasteiger partial charge in [-0.1, -0.05) is 30.3 Å². The quantitative estimate of drug-likeness (QED) is 0.222. The van der Waals surface area contributed by atoms with E-state index in [0.717, 1.165) is 22.3 Å². The maximum absolute atomic E-state index is 12.2. The molecule has 5 nitrogen and oxygen atoms in total. The first-order valence-electron chi connectivity index (χ1n) is 8.97. The van der Waals surface area contributed by atoms with Gasteiger partial charge in [0.15, 0.2) is 5.76 Å². The second kappa shape index (κ2) is 8.91. The third-order valence-electron chi connectivity index (χ3n) is 4.23. The van der Waals surface area contributed by atoms with Crippen LogP contribution in [0.15, 0.2) is 88.4 Å². The van der Waals surface area contributed by atoms with Gasteiger partial charge < -0.3 is 9.15 Å². The zero-order chi connectivity index (χ0) is 20.1. The van der Waals surface area contributed by atoms with Crippen LogP contribution in [0.3, 0.4) is 0 Å². The number of para-hydroxylation sites is 1. The lowest BCUT2D eigenvalue weighted by Gasteiger charge is -2.06. The van der Waals surface area contributed by atoms with Crippen LogP contribution in [0.5, 0.6) is 5.75 Å². The van der Waals surface area contributed by atoms with E-state index in [1.165, 1.54) is 3.57 Å². The van der Waals surface area contributed by atoms with E-state index >= 15 is 0 Å². The summed E-state index contributed by atoms with van der Waals surface area (Å²) in [6.45, 7) is 0.512. The summed E-state index contributed by atoms with van der Waals surface area (Å²) >= 11 is 2.28. The van der Waals surface area contributed by atoms with Gasteiger partial charge in [-0.2, -0.15) is 5.10 Å². The standard InChI is InChI=1S/C23H17IN2O3/c24-19-9-5-17(6-10-19)15-28-20-11-7-16(8-12-20)14-25-26-23(27)22-13-18-3-1-2-4-21(18)29-22/h1-14H,15H2,(H,26,27). The number of carbonyl (C=O) groups excluding carboxylic acids is 1. The summed E-state index contributed by atoms with van der Waals surface area (Å²) in [7, 11) is 0. The van der Waals surface area contributed by atoms with Crippen molar-refractivity contribution in [1.82, 2.24) is 5.43 Å². The van der Waals surface area contributed by atoms with Crippen molar-refractivity contribution >= 4 is 45.7 Å². The largest absolute Gasteiger partial charge is 0.489 e. The first-order valence-corrected chi connectivity index (χ1v) is 10.0. The predicted molar refractivity (Wildman–Crippen MR) is 121 cm³/mol. The zero-order valence-corrected chi connectivity index (χ0v) is 17.5. The second-order valence-electron chi connectivity index (χ2n) is 6.33. The number of halogens is 1. The van der Waals surface area contributed by atoms with Crippen LogP contribution in [0.4, 0.5) is 0 Å². The van der Waals surface area contributed by atoms with Crippen LogP contribution in [0, 0.1) is 3.57 Å². The molecule has 1 amide bonds. The number of hydrogen-bond donors (Lipinski definition) is 1. The SMILES string of the molecule is O=C(NN=Cc1ccc(OCc2ccc(I)cc2)cc1)c1cc2ccccc2o1. The van der Waals surface area contributed by atoms with Crippen LogP contribution in [-0.4, -0.2) is 12.1 Å². The van der Waals surface area contributed by atoms with Crippen LogP contribution in [0.2, 0.25) is 0 Å². The number of carbonyl (C=O) groups is 1. The fourth-order valence-electron chi connectivity index (χ4n) is 2.71. The van der Waals surface area contributed by atoms with E-state index in [2.05, 4.69) is 45.3 Å². The molecule has 0 aliphatic heterocycles. The molecule has 1 N–H and O–H groups in total. The van der Waals surface area contributed by atoms with Gasteiger partial charge in [-0.3, -0.25) is 4.79 Å². The average Bonchev–Trinajstić information content (AvgIpc) is 3.19. The summed E-state index contributed by atoms with van der Waals surface area (Å²) in [5, 5.41) is 4.87. The Morgan fingerprint density at radius 2 is 1.79 bits per heavy atom. The zero-order valence-electron chi connectivity index (χ0n) is 15.3. The normalized spacial score (nSPS) is 11.1. The Bertz CT molecular complexity index is 1120. The van der Waals surface area contributed by atoms with Crippen LogP contribution in [-0.2, 0) is 6.61 Å². The Hall–Kier alpha value is -3.13. The molecule has 0 fully saturated rings. The smallest absolute Gasteiger partial charge is 0.307 e. The Kier molecular flexibility index (Phi) is 5.90. The molecule has 4 aromatic rings. The Morgan fingerprint density at radius 1 is 1.03 bits per heavy atom. The van der Waals surface area contributed by atoms with Crippen LogP contribution in [0.25, 0.3) is 11.0 Å². The highest BCUT2D eigenvalue weighted by Crippen LogP contribution is 2.18. The van der Waals surface area contributed by atoms with Crippen molar-refractivity contribution < 1.29 is 13.9 Å². The highest BCUT2D eigenvalue weighted by atomic mass is 127. The van der Waals surface area contributed by atoms with Gasteiger partial charge in [-0.05, 0) is 82.2 Å². The Labute approximate surface area is 181 Å². The second-order valence-corrected chi connectivity index (χ2v) is 7.58. The predicted octanol–water partition coefficient (Wildman–Crippen LogP) is 5.38. The summed E-state index contributed by atoms with van der Waals surface area (Å²) < 4.78 is 12.5. The topological polar surface area (TPSA) is 63.8 Å². The van der Waals surface area contributed by atoms with Gasteiger partial charge in [0, 0.05) is 8.96 Å². The van der Waals surface area contributed by atoms with Crippen LogP contribution in [0.1, 0.15) is 21.7 Å². The van der Waals surface area contributed by atoms with Crippen molar-refractivity contribution in [3.63, 3.8) is 0 Å². The number of rotatable bonds is 6. The number of nitrogens with zero attached hydrogens (tertiary/aromatic N) is 1. The van der Waals surface area contributed by atoms with Crippen molar-refractivity contribution in [3.05, 3.63) is 99.3 Å². The number of hydrogen-bond acceptors (Lipinski definition) is 4. The monoisotopic (exact) mass is 496 g/mol. The lowest BCUT2D eigenvalue weighted by molar-refractivity contribution is 0.0929. The van der Waals surface area contributed by atoms with Crippen molar-refractivity contribution in [3.8, 4) is 5.75 Å². The minimum atomic E-state index is -0.394. The fraction of sp³-hybridized carbons (Fsp3) is 0.0435. The van der Waals surface area contributed by atoms with Crippen molar-refractivity contribution in [2.24, 2.45) is 5.10 Å². The number of benzene rings is 3. The molecule has 0 saturated heterocycles. The van der Waals surface area contributed by atoms with Crippen LogP contribution < -0.4 is 10.2 Å². The Balaban J connectivity index is 1.31. The van der Waals surface area contributed by atoms with Crippen molar-refractivity contribution in [2.45, 2.75) is 6.61 Å². The van der Waals surface area contributed by atoms with Gasteiger partial charge in [-0.15, -0.1) is 0 Å². The minimum Gasteiger partial charge on any atom is -0.489 e. The molecule has 3 aromatic carbocycles. The van der Waals surface area contributed by atoms with E-state index in [1.807, 2.05) is 60.7 Å². The summed E-state index contributed by atoms with van der Waals surface area (Å²) in [4.78, 5) is 12.2. The highest BCUT2D eigenvalue weighted by Gasteiger charge is 2.10. The number of hydrazone groups is 1. The number of nitrogens with one attached hydrogen (secondary N) is 1. The number of furan rings is 1. The molecule has 0 atom stereocenters. The number of fused-ring (bicyclic) bond motifs is 1. The molecule has 0 bridgehead atoms. The molecule has 0 aliphatic carbocycles. The van der Waals surface area contributed by atoms with Gasteiger partial charge in [0.05, 0.1) is 6.21 Å². The maximum atomic E-state index is 12.2. The molecule has 0 aliphatic rings. The number of amides is 1. The molecule has 4 rings (SSSR count). The first kappa shape index (κ1) is 19.2. The molecule has 29 heavy (non-hydrogen) atoms. The van der Waals surface area contributed by atoms with E-state index in [-0.39, 0.29) is 5.76 Å². The summed E-state index contributed by atoms with van der Waals surface area (Å²) in [5.41, 5.74) is 5.11. The Morgan fingerprint density at radius 3 is 2.55 bits per heavy atom. The van der Waals surface area contributed by atoms with E-state index in [0.29, 0.717) is 12.2 Å². The maximum Gasteiger partial charge on any atom is 0.307 e. The molecule has 0 spiro atoms. The molecule has 144 valence electrons. The van der Waals surface area contributed by atoms with Crippen molar-refractivity contribution in [2.75, 3.05) is 0 Å². The van der Waals surface area contributed by atoms with E-state index in [4.69, 9.17) is 9.15 Å². The molecule has 1 heterocycles. The fourth-order valence-corrected chi connectivity index (χ4v) is 3.07. The molecule has 0 saturated carbocycles. The van der Waals surface area contributed by atoms with Gasteiger partial charge >= 0.3 is 5.91 Å². The number of ether oxygens (including phenoxy) is 1.